The van der Waals surface area contributed by atoms with Gasteiger partial charge in [-0.2, -0.15) is 0 Å². The minimum Gasteiger partial charge on any atom is -0.360 e. The first kappa shape index (κ1) is 15.7. The van der Waals surface area contributed by atoms with Crippen molar-refractivity contribution in [1.29, 1.82) is 0 Å². The molecule has 3 amide bonds. The van der Waals surface area contributed by atoms with Gasteiger partial charge in [0.1, 0.15) is 6.04 Å². The van der Waals surface area contributed by atoms with E-state index in [2.05, 4.69) is 15.3 Å². The number of benzene rings is 1. The maximum Gasteiger partial charge on any atom is 0.325 e. The first-order valence-corrected chi connectivity index (χ1v) is 8.26. The minimum absolute atomic E-state index is 0.224. The summed E-state index contributed by atoms with van der Waals surface area (Å²) in [5.74, 6) is -0.224. The van der Waals surface area contributed by atoms with Gasteiger partial charge in [0.05, 0.1) is 17.1 Å². The lowest BCUT2D eigenvalue weighted by atomic mass is 10.0. The molecule has 0 spiro atoms. The van der Waals surface area contributed by atoms with E-state index >= 15 is 0 Å². The summed E-state index contributed by atoms with van der Waals surface area (Å²) in [6.07, 6.45) is 5.53. The Labute approximate surface area is 148 Å². The van der Waals surface area contributed by atoms with Crippen molar-refractivity contribution in [2.75, 3.05) is 0 Å². The van der Waals surface area contributed by atoms with Gasteiger partial charge in [-0.15, -0.1) is 0 Å². The van der Waals surface area contributed by atoms with Crippen molar-refractivity contribution in [3.63, 3.8) is 0 Å². The maximum absolute atomic E-state index is 12.6. The quantitative estimate of drug-likeness (QED) is 0.707. The molecule has 3 heterocycles. The molecule has 1 atom stereocenters. The van der Waals surface area contributed by atoms with Crippen molar-refractivity contribution in [1.82, 2.24) is 20.2 Å². The van der Waals surface area contributed by atoms with Crippen LogP contribution < -0.4 is 5.32 Å². The number of rotatable bonds is 4. The zero-order valence-electron chi connectivity index (χ0n) is 13.2. The molecule has 1 saturated heterocycles. The number of urea groups is 1. The molecule has 2 aromatic heterocycles. The summed E-state index contributed by atoms with van der Waals surface area (Å²) < 4.78 is 0. The minimum atomic E-state index is -0.577. The number of amides is 3. The zero-order chi connectivity index (χ0) is 17.4. The summed E-state index contributed by atoms with van der Waals surface area (Å²) in [4.78, 5) is 33.1. The molecule has 0 saturated carbocycles. The Balaban J connectivity index is 1.54. The van der Waals surface area contributed by atoms with Gasteiger partial charge in [0, 0.05) is 30.4 Å². The standard InChI is InChI=1S/C18H15ClN4O2/c19-14-3-1-2-13-12(9-21-16(13)14)8-15-17(24)23(18(25)22-15)10-11-4-6-20-7-5-11/h1-7,9,15,21H,8,10H2,(H,22,25)/t15-/m1/s1. The van der Waals surface area contributed by atoms with Gasteiger partial charge >= 0.3 is 6.03 Å². The Bertz CT molecular complexity index is 954. The molecule has 4 rings (SSSR count). The molecule has 1 aromatic carbocycles. The Morgan fingerprint density at radius 1 is 1.16 bits per heavy atom. The van der Waals surface area contributed by atoms with E-state index in [1.165, 1.54) is 4.90 Å². The van der Waals surface area contributed by atoms with Crippen molar-refractivity contribution in [2.45, 2.75) is 19.0 Å². The van der Waals surface area contributed by atoms with Crippen LogP contribution in [0.15, 0.2) is 48.9 Å². The van der Waals surface area contributed by atoms with E-state index in [4.69, 9.17) is 11.6 Å². The fourth-order valence-corrected chi connectivity index (χ4v) is 3.33. The smallest absolute Gasteiger partial charge is 0.325 e. The number of pyridine rings is 1. The molecule has 1 aliphatic heterocycles. The molecule has 7 heteroatoms. The average Bonchev–Trinajstić information content (AvgIpc) is 3.14. The molecule has 0 unspecified atom stereocenters. The lowest BCUT2D eigenvalue weighted by Gasteiger charge is -2.12. The SMILES string of the molecule is O=C1N[C@H](Cc2c[nH]c3c(Cl)cccc23)C(=O)N1Cc1ccncc1. The van der Waals surface area contributed by atoms with Crippen LogP contribution in [0, 0.1) is 0 Å². The predicted octanol–water partition coefficient (Wildman–Crippen LogP) is 2.88. The Kier molecular flexibility index (Phi) is 3.89. The second-order valence-corrected chi connectivity index (χ2v) is 6.37. The molecule has 6 nitrogen and oxygen atoms in total. The Hall–Kier alpha value is -2.86. The fraction of sp³-hybridized carbons (Fsp3) is 0.167. The van der Waals surface area contributed by atoms with Crippen LogP contribution in [0.2, 0.25) is 5.02 Å². The highest BCUT2D eigenvalue weighted by molar-refractivity contribution is 6.35. The van der Waals surface area contributed by atoms with Crippen molar-refractivity contribution < 1.29 is 9.59 Å². The monoisotopic (exact) mass is 354 g/mol. The number of aromatic nitrogens is 2. The van der Waals surface area contributed by atoms with Gasteiger partial charge in [0.15, 0.2) is 0 Å². The second-order valence-electron chi connectivity index (χ2n) is 5.96. The normalized spacial score (nSPS) is 17.3. The van der Waals surface area contributed by atoms with Gasteiger partial charge in [-0.25, -0.2) is 4.79 Å². The van der Waals surface area contributed by atoms with Crippen LogP contribution in [-0.2, 0) is 17.8 Å². The number of hydrogen-bond donors (Lipinski definition) is 2. The van der Waals surface area contributed by atoms with Gasteiger partial charge in [0.2, 0.25) is 0 Å². The van der Waals surface area contributed by atoms with Crippen LogP contribution in [0.25, 0.3) is 10.9 Å². The number of H-pyrrole nitrogens is 1. The summed E-state index contributed by atoms with van der Waals surface area (Å²) in [6, 6.07) is 8.25. The first-order chi connectivity index (χ1) is 12.1. The van der Waals surface area contributed by atoms with Gasteiger partial charge in [-0.1, -0.05) is 23.7 Å². The summed E-state index contributed by atoms with van der Waals surface area (Å²) in [5.41, 5.74) is 2.64. The van der Waals surface area contributed by atoms with E-state index in [0.29, 0.717) is 11.4 Å². The van der Waals surface area contributed by atoms with Crippen LogP contribution in [0.1, 0.15) is 11.1 Å². The first-order valence-electron chi connectivity index (χ1n) is 7.89. The lowest BCUT2D eigenvalue weighted by Crippen LogP contribution is -2.32. The molecule has 1 aliphatic rings. The van der Waals surface area contributed by atoms with E-state index in [1.807, 2.05) is 24.4 Å². The molecule has 25 heavy (non-hydrogen) atoms. The molecule has 0 aliphatic carbocycles. The van der Waals surface area contributed by atoms with Crippen LogP contribution >= 0.6 is 11.6 Å². The molecule has 0 bridgehead atoms. The maximum atomic E-state index is 12.6. The van der Waals surface area contributed by atoms with Crippen molar-refractivity contribution in [3.8, 4) is 0 Å². The molecule has 3 aromatic rings. The number of imide groups is 1. The van der Waals surface area contributed by atoms with Crippen LogP contribution in [0.3, 0.4) is 0 Å². The van der Waals surface area contributed by atoms with E-state index < -0.39 is 6.04 Å². The molecular weight excluding hydrogens is 340 g/mol. The third-order valence-electron chi connectivity index (χ3n) is 4.37. The largest absolute Gasteiger partial charge is 0.360 e. The number of nitrogens with zero attached hydrogens (tertiary/aromatic N) is 2. The molecule has 2 N–H and O–H groups in total. The summed E-state index contributed by atoms with van der Waals surface area (Å²) in [5, 5.41) is 4.36. The van der Waals surface area contributed by atoms with E-state index in [9.17, 15) is 9.59 Å². The lowest BCUT2D eigenvalue weighted by molar-refractivity contribution is -0.127. The molecule has 126 valence electrons. The van der Waals surface area contributed by atoms with Crippen molar-refractivity contribution in [3.05, 3.63) is 65.1 Å². The summed E-state index contributed by atoms with van der Waals surface area (Å²) in [7, 11) is 0. The van der Waals surface area contributed by atoms with Crippen LogP contribution in [0.4, 0.5) is 4.79 Å². The van der Waals surface area contributed by atoms with Gasteiger partial charge in [-0.05, 0) is 29.3 Å². The third-order valence-corrected chi connectivity index (χ3v) is 4.69. The van der Waals surface area contributed by atoms with Crippen LogP contribution in [0.5, 0.6) is 0 Å². The molecule has 0 radical (unpaired) electrons. The summed E-state index contributed by atoms with van der Waals surface area (Å²) in [6.45, 7) is 0.239. The molecule has 1 fully saturated rings. The highest BCUT2D eigenvalue weighted by Gasteiger charge is 2.38. The number of fused-ring (bicyclic) bond motifs is 1. The zero-order valence-corrected chi connectivity index (χ0v) is 14.0. The van der Waals surface area contributed by atoms with Gasteiger partial charge in [-0.3, -0.25) is 14.7 Å². The van der Waals surface area contributed by atoms with E-state index in [1.54, 1.807) is 24.5 Å². The van der Waals surface area contributed by atoms with Crippen molar-refractivity contribution >= 4 is 34.4 Å². The Morgan fingerprint density at radius 2 is 1.96 bits per heavy atom. The fourth-order valence-electron chi connectivity index (χ4n) is 3.10. The number of hydrogen-bond acceptors (Lipinski definition) is 3. The number of halogens is 1. The highest BCUT2D eigenvalue weighted by atomic mass is 35.5. The topological polar surface area (TPSA) is 78.1 Å². The number of para-hydroxylation sites is 1. The van der Waals surface area contributed by atoms with Gasteiger partial charge < -0.3 is 10.3 Å². The predicted molar refractivity (Wildman–Crippen MR) is 94.1 cm³/mol. The van der Waals surface area contributed by atoms with E-state index in [0.717, 1.165) is 22.0 Å². The number of nitrogens with one attached hydrogen (secondary N) is 2. The average molecular weight is 355 g/mol. The van der Waals surface area contributed by atoms with Crippen molar-refractivity contribution in [2.24, 2.45) is 0 Å². The number of aromatic amines is 1. The number of carbonyl (C=O) groups excluding carboxylic acids is 2. The van der Waals surface area contributed by atoms with Crippen LogP contribution in [-0.4, -0.2) is 32.8 Å². The third kappa shape index (κ3) is 2.85. The Morgan fingerprint density at radius 3 is 2.76 bits per heavy atom. The second kappa shape index (κ2) is 6.22. The number of carbonyl (C=O) groups is 2. The van der Waals surface area contributed by atoms with Gasteiger partial charge in [0.25, 0.3) is 5.91 Å². The molecular formula is C18H15ClN4O2. The van der Waals surface area contributed by atoms with E-state index in [-0.39, 0.29) is 18.5 Å². The summed E-state index contributed by atoms with van der Waals surface area (Å²) >= 11 is 6.17. The highest BCUT2D eigenvalue weighted by Crippen LogP contribution is 2.27.